The molecule has 4 rings (SSSR count). The number of para-hydroxylation sites is 1. The van der Waals surface area contributed by atoms with E-state index in [4.69, 9.17) is 11.6 Å². The number of aromatic nitrogens is 2. The fourth-order valence-corrected chi connectivity index (χ4v) is 3.36. The molecule has 2 heterocycles. The van der Waals surface area contributed by atoms with Crippen LogP contribution in [0, 0.1) is 0 Å². The Labute approximate surface area is 168 Å². The molecular weight excluding hydrogens is 403 g/mol. The number of halogens is 4. The number of nitrogens with zero attached hydrogens (tertiary/aromatic N) is 2. The van der Waals surface area contributed by atoms with E-state index in [2.05, 4.69) is 15.3 Å². The van der Waals surface area contributed by atoms with Crippen molar-refractivity contribution in [3.63, 3.8) is 0 Å². The molecule has 0 bridgehead atoms. The highest BCUT2D eigenvalue weighted by Gasteiger charge is 2.33. The second kappa shape index (κ2) is 7.33. The smallest absolute Gasteiger partial charge is 0.348 e. The molecule has 0 aliphatic rings. The van der Waals surface area contributed by atoms with Gasteiger partial charge in [-0.05, 0) is 35.9 Å². The van der Waals surface area contributed by atoms with Gasteiger partial charge in [0.1, 0.15) is 0 Å². The number of carbonyl (C=O) groups excluding carboxylic acids is 1. The average molecular weight is 416 g/mol. The quantitative estimate of drug-likeness (QED) is 0.488. The monoisotopic (exact) mass is 415 g/mol. The molecule has 4 nitrogen and oxygen atoms in total. The third-order valence-electron chi connectivity index (χ3n) is 4.52. The molecule has 0 saturated carbocycles. The number of alkyl halides is 3. The molecule has 0 fully saturated rings. The van der Waals surface area contributed by atoms with Gasteiger partial charge in [0.05, 0.1) is 27.2 Å². The van der Waals surface area contributed by atoms with E-state index in [0.717, 1.165) is 22.5 Å². The number of pyridine rings is 2. The lowest BCUT2D eigenvalue weighted by Crippen LogP contribution is -2.23. The Kier molecular flexibility index (Phi) is 4.84. The first-order chi connectivity index (χ1) is 13.8. The van der Waals surface area contributed by atoms with Gasteiger partial charge in [-0.2, -0.15) is 13.2 Å². The Balaban J connectivity index is 1.58. The molecule has 4 aromatic rings. The average Bonchev–Trinajstić information content (AvgIpc) is 2.70. The molecule has 29 heavy (non-hydrogen) atoms. The van der Waals surface area contributed by atoms with E-state index in [0.29, 0.717) is 5.39 Å². The van der Waals surface area contributed by atoms with Gasteiger partial charge in [0.15, 0.2) is 0 Å². The predicted octanol–water partition coefficient (Wildman–Crippen LogP) is 5.39. The fourth-order valence-electron chi connectivity index (χ4n) is 3.08. The third-order valence-corrected chi connectivity index (χ3v) is 4.83. The van der Waals surface area contributed by atoms with E-state index >= 15 is 0 Å². The van der Waals surface area contributed by atoms with Crippen LogP contribution in [0.4, 0.5) is 13.2 Å². The number of nitrogens with one attached hydrogen (secondary N) is 1. The molecule has 1 amide bonds. The van der Waals surface area contributed by atoms with E-state index in [1.807, 2.05) is 30.3 Å². The van der Waals surface area contributed by atoms with Gasteiger partial charge in [-0.3, -0.25) is 14.8 Å². The van der Waals surface area contributed by atoms with Gasteiger partial charge in [-0.1, -0.05) is 29.8 Å². The number of carbonyl (C=O) groups is 1. The number of benzene rings is 2. The highest BCUT2D eigenvalue weighted by molar-refractivity contribution is 6.32. The van der Waals surface area contributed by atoms with Crippen molar-refractivity contribution in [2.75, 3.05) is 0 Å². The van der Waals surface area contributed by atoms with Crippen molar-refractivity contribution in [3.8, 4) is 0 Å². The maximum Gasteiger partial charge on any atom is 0.417 e. The molecular formula is C21H13ClF3N3O. The summed E-state index contributed by atoms with van der Waals surface area (Å²) >= 11 is 5.76. The molecule has 146 valence electrons. The van der Waals surface area contributed by atoms with Crippen molar-refractivity contribution in [1.82, 2.24) is 15.3 Å². The summed E-state index contributed by atoms with van der Waals surface area (Å²) in [6.45, 7) is 0.271. The van der Waals surface area contributed by atoms with Crippen LogP contribution in [0.5, 0.6) is 0 Å². The maximum atomic E-state index is 13.0. The lowest BCUT2D eigenvalue weighted by atomic mass is 10.1. The highest BCUT2D eigenvalue weighted by atomic mass is 35.5. The molecule has 2 aromatic heterocycles. The summed E-state index contributed by atoms with van der Waals surface area (Å²) < 4.78 is 38.9. The summed E-state index contributed by atoms with van der Waals surface area (Å²) in [6, 6.07) is 12.9. The SMILES string of the molecule is O=C(NCc1ccnc2ccccc12)c1cnc2cc(C(F)(F)F)c(Cl)cc2c1. The lowest BCUT2D eigenvalue weighted by molar-refractivity contribution is -0.137. The molecule has 0 atom stereocenters. The van der Waals surface area contributed by atoms with E-state index < -0.39 is 22.7 Å². The van der Waals surface area contributed by atoms with Crippen LogP contribution in [-0.4, -0.2) is 15.9 Å². The molecule has 0 saturated heterocycles. The van der Waals surface area contributed by atoms with Crippen molar-refractivity contribution in [2.24, 2.45) is 0 Å². The first-order valence-electron chi connectivity index (χ1n) is 8.60. The van der Waals surface area contributed by atoms with Crippen molar-refractivity contribution in [3.05, 3.63) is 82.6 Å². The van der Waals surface area contributed by atoms with Crippen LogP contribution in [0.2, 0.25) is 5.02 Å². The van der Waals surface area contributed by atoms with Crippen molar-refractivity contribution >= 4 is 39.3 Å². The number of amides is 1. The Hall–Kier alpha value is -3.19. The van der Waals surface area contributed by atoms with Crippen molar-refractivity contribution in [1.29, 1.82) is 0 Å². The summed E-state index contributed by atoms with van der Waals surface area (Å²) in [5.74, 6) is -0.392. The first-order valence-corrected chi connectivity index (χ1v) is 8.98. The number of hydrogen-bond acceptors (Lipinski definition) is 3. The molecule has 0 unspecified atom stereocenters. The summed E-state index contributed by atoms with van der Waals surface area (Å²) in [5.41, 5.74) is 1.10. The predicted molar refractivity (Wildman–Crippen MR) is 105 cm³/mol. The van der Waals surface area contributed by atoms with Gasteiger partial charge in [-0.25, -0.2) is 0 Å². The minimum atomic E-state index is -4.57. The number of rotatable bonds is 3. The van der Waals surface area contributed by atoms with Crippen molar-refractivity contribution in [2.45, 2.75) is 12.7 Å². The van der Waals surface area contributed by atoms with E-state index in [9.17, 15) is 18.0 Å². The molecule has 8 heteroatoms. The zero-order chi connectivity index (χ0) is 20.6. The molecule has 2 aromatic carbocycles. The molecule has 0 aliphatic carbocycles. The van der Waals surface area contributed by atoms with Gasteiger partial charge < -0.3 is 5.32 Å². The zero-order valence-corrected chi connectivity index (χ0v) is 15.6. The first kappa shape index (κ1) is 19.1. The third kappa shape index (κ3) is 3.86. The zero-order valence-electron chi connectivity index (χ0n) is 14.8. The molecule has 0 radical (unpaired) electrons. The van der Waals surface area contributed by atoms with Crippen LogP contribution in [0.3, 0.4) is 0 Å². The van der Waals surface area contributed by atoms with Crippen LogP contribution in [-0.2, 0) is 12.7 Å². The summed E-state index contributed by atoms with van der Waals surface area (Å²) in [6.07, 6.45) is -1.66. The lowest BCUT2D eigenvalue weighted by Gasteiger charge is -2.11. The van der Waals surface area contributed by atoms with Gasteiger partial charge in [0.25, 0.3) is 5.91 Å². The van der Waals surface area contributed by atoms with E-state index in [1.54, 1.807) is 6.20 Å². The molecule has 1 N–H and O–H groups in total. The summed E-state index contributed by atoms with van der Waals surface area (Å²) in [7, 11) is 0. The largest absolute Gasteiger partial charge is 0.417 e. The second-order valence-corrected chi connectivity index (χ2v) is 6.82. The minimum absolute atomic E-state index is 0.110. The van der Waals surface area contributed by atoms with Crippen LogP contribution >= 0.6 is 11.6 Å². The van der Waals surface area contributed by atoms with Gasteiger partial charge >= 0.3 is 6.18 Å². The number of hydrogen-bond donors (Lipinski definition) is 1. The van der Waals surface area contributed by atoms with E-state index in [1.165, 1.54) is 18.3 Å². The summed E-state index contributed by atoms with van der Waals surface area (Å²) in [5, 5.41) is 3.65. The van der Waals surface area contributed by atoms with Gasteiger partial charge in [0, 0.05) is 29.7 Å². The van der Waals surface area contributed by atoms with Crippen molar-refractivity contribution < 1.29 is 18.0 Å². The van der Waals surface area contributed by atoms with Crippen LogP contribution in [0.15, 0.2) is 60.9 Å². The molecule has 0 spiro atoms. The normalized spacial score (nSPS) is 11.7. The number of fused-ring (bicyclic) bond motifs is 2. The minimum Gasteiger partial charge on any atom is -0.348 e. The van der Waals surface area contributed by atoms with Crippen LogP contribution < -0.4 is 5.32 Å². The fraction of sp³-hybridized carbons (Fsp3) is 0.0952. The van der Waals surface area contributed by atoms with Crippen LogP contribution in [0.1, 0.15) is 21.5 Å². The standard InChI is InChI=1S/C21H13ClF3N3O/c22-17-8-13-7-14(11-27-19(13)9-16(17)21(23,24)25)20(29)28-10-12-5-6-26-18-4-2-1-3-15(12)18/h1-9,11H,10H2,(H,28,29). The van der Waals surface area contributed by atoms with Gasteiger partial charge in [0.2, 0.25) is 0 Å². The highest BCUT2D eigenvalue weighted by Crippen LogP contribution is 2.36. The van der Waals surface area contributed by atoms with Gasteiger partial charge in [-0.15, -0.1) is 0 Å². The van der Waals surface area contributed by atoms with Crippen LogP contribution in [0.25, 0.3) is 21.8 Å². The Morgan fingerprint density at radius 2 is 1.83 bits per heavy atom. The Morgan fingerprint density at radius 1 is 1.03 bits per heavy atom. The maximum absolute atomic E-state index is 13.0. The Bertz CT molecular complexity index is 1240. The van der Waals surface area contributed by atoms with E-state index in [-0.39, 0.29) is 17.6 Å². The second-order valence-electron chi connectivity index (χ2n) is 6.42. The Morgan fingerprint density at radius 3 is 2.62 bits per heavy atom. The topological polar surface area (TPSA) is 54.9 Å². The summed E-state index contributed by atoms with van der Waals surface area (Å²) in [4.78, 5) is 20.8. The molecule has 0 aliphatic heterocycles.